The molecule has 1 atom stereocenters. The lowest BCUT2D eigenvalue weighted by Gasteiger charge is -2.30. The van der Waals surface area contributed by atoms with E-state index in [1.54, 1.807) is 0 Å². The number of hydrogen-bond donors (Lipinski definition) is 0. The SMILES string of the molecule is Cc1ccccc1-c1noc(CN(C)C(=O)[C@H](C)N(c2ccc(F)c(F)c2)S(C)(=O)=O)n1. The third kappa shape index (κ3) is 4.93. The number of benzene rings is 2. The molecular weight excluding hydrogens is 442 g/mol. The van der Waals surface area contributed by atoms with Gasteiger partial charge in [-0.15, -0.1) is 0 Å². The van der Waals surface area contributed by atoms with Crippen LogP contribution in [0.3, 0.4) is 0 Å². The molecule has 0 N–H and O–H groups in total. The van der Waals surface area contributed by atoms with E-state index in [9.17, 15) is 22.0 Å². The van der Waals surface area contributed by atoms with E-state index in [-0.39, 0.29) is 18.1 Å². The van der Waals surface area contributed by atoms with E-state index in [1.165, 1.54) is 18.9 Å². The average molecular weight is 464 g/mol. The van der Waals surface area contributed by atoms with Crippen LogP contribution in [0.1, 0.15) is 18.4 Å². The molecular formula is C21H22F2N4O4S. The second-order valence-electron chi connectivity index (χ2n) is 7.35. The van der Waals surface area contributed by atoms with Crippen LogP contribution in [0.15, 0.2) is 47.0 Å². The first kappa shape index (κ1) is 23.3. The summed E-state index contributed by atoms with van der Waals surface area (Å²) in [6.07, 6.45) is 0.879. The highest BCUT2D eigenvalue weighted by Gasteiger charge is 2.32. The summed E-state index contributed by atoms with van der Waals surface area (Å²) in [6.45, 7) is 3.19. The first-order valence-corrected chi connectivity index (χ1v) is 11.4. The fraction of sp³-hybridized carbons (Fsp3) is 0.286. The number of halogens is 2. The number of aromatic nitrogens is 2. The maximum atomic E-state index is 13.7. The Morgan fingerprint density at radius 1 is 1.16 bits per heavy atom. The van der Waals surface area contributed by atoms with Crippen molar-refractivity contribution in [2.75, 3.05) is 17.6 Å². The van der Waals surface area contributed by atoms with Gasteiger partial charge >= 0.3 is 0 Å². The van der Waals surface area contributed by atoms with E-state index >= 15 is 0 Å². The summed E-state index contributed by atoms with van der Waals surface area (Å²) in [4.78, 5) is 18.5. The minimum absolute atomic E-state index is 0.0720. The van der Waals surface area contributed by atoms with E-state index in [0.717, 1.165) is 39.9 Å². The highest BCUT2D eigenvalue weighted by Crippen LogP contribution is 2.24. The van der Waals surface area contributed by atoms with Crippen molar-refractivity contribution in [3.05, 3.63) is 65.6 Å². The summed E-state index contributed by atoms with van der Waals surface area (Å²) in [5.41, 5.74) is 1.57. The molecule has 3 aromatic rings. The van der Waals surface area contributed by atoms with Crippen molar-refractivity contribution < 1.29 is 26.5 Å². The Morgan fingerprint density at radius 2 is 1.84 bits per heavy atom. The van der Waals surface area contributed by atoms with Gasteiger partial charge in [0.15, 0.2) is 11.6 Å². The van der Waals surface area contributed by atoms with Crippen molar-refractivity contribution in [3.8, 4) is 11.4 Å². The van der Waals surface area contributed by atoms with Crippen molar-refractivity contribution in [1.29, 1.82) is 0 Å². The summed E-state index contributed by atoms with van der Waals surface area (Å²) >= 11 is 0. The molecule has 0 saturated carbocycles. The quantitative estimate of drug-likeness (QED) is 0.533. The number of hydrogen-bond acceptors (Lipinski definition) is 6. The van der Waals surface area contributed by atoms with Crippen LogP contribution >= 0.6 is 0 Å². The van der Waals surface area contributed by atoms with Crippen LogP contribution in [0.4, 0.5) is 14.5 Å². The average Bonchev–Trinajstić information content (AvgIpc) is 3.17. The molecule has 8 nitrogen and oxygen atoms in total. The Bertz CT molecular complexity index is 1250. The number of anilines is 1. The van der Waals surface area contributed by atoms with Gasteiger partial charge in [0.05, 0.1) is 18.5 Å². The zero-order valence-electron chi connectivity index (χ0n) is 17.9. The van der Waals surface area contributed by atoms with Crippen molar-refractivity contribution >= 4 is 21.6 Å². The van der Waals surface area contributed by atoms with Gasteiger partial charge in [-0.2, -0.15) is 4.98 Å². The molecule has 2 aromatic carbocycles. The van der Waals surface area contributed by atoms with Crippen molar-refractivity contribution in [3.63, 3.8) is 0 Å². The zero-order chi connectivity index (χ0) is 23.6. The molecule has 1 amide bonds. The molecule has 32 heavy (non-hydrogen) atoms. The van der Waals surface area contributed by atoms with Gasteiger partial charge in [0.25, 0.3) is 0 Å². The van der Waals surface area contributed by atoms with E-state index in [1.807, 2.05) is 31.2 Å². The molecule has 1 aromatic heterocycles. The van der Waals surface area contributed by atoms with Gasteiger partial charge < -0.3 is 9.42 Å². The molecule has 0 unspecified atom stereocenters. The lowest BCUT2D eigenvalue weighted by Crippen LogP contribution is -2.48. The highest BCUT2D eigenvalue weighted by molar-refractivity contribution is 7.92. The number of carbonyl (C=O) groups excluding carboxylic acids is 1. The molecule has 0 fully saturated rings. The molecule has 11 heteroatoms. The van der Waals surface area contributed by atoms with Gasteiger partial charge in [-0.05, 0) is 31.5 Å². The monoisotopic (exact) mass is 464 g/mol. The Morgan fingerprint density at radius 3 is 2.47 bits per heavy atom. The molecule has 0 aliphatic rings. The number of nitrogens with zero attached hydrogens (tertiary/aromatic N) is 4. The van der Waals surface area contributed by atoms with Crippen LogP contribution in [-0.2, 0) is 21.4 Å². The molecule has 0 aliphatic heterocycles. The van der Waals surface area contributed by atoms with Crippen molar-refractivity contribution in [2.45, 2.75) is 26.4 Å². The van der Waals surface area contributed by atoms with E-state index in [4.69, 9.17) is 4.52 Å². The van der Waals surface area contributed by atoms with E-state index < -0.39 is 33.6 Å². The molecule has 0 spiro atoms. The fourth-order valence-electron chi connectivity index (χ4n) is 3.28. The summed E-state index contributed by atoms with van der Waals surface area (Å²) in [7, 11) is -2.54. The first-order chi connectivity index (χ1) is 15.0. The number of sulfonamides is 1. The molecule has 1 heterocycles. The molecule has 0 saturated heterocycles. The smallest absolute Gasteiger partial charge is 0.246 e. The van der Waals surface area contributed by atoms with E-state index in [0.29, 0.717) is 5.82 Å². The number of aryl methyl sites for hydroxylation is 1. The summed E-state index contributed by atoms with van der Waals surface area (Å²) < 4.78 is 57.7. The van der Waals surface area contributed by atoms with Crippen LogP contribution in [0, 0.1) is 18.6 Å². The predicted octanol–water partition coefficient (Wildman–Crippen LogP) is 3.14. The van der Waals surface area contributed by atoms with Gasteiger partial charge in [0, 0.05) is 18.7 Å². The molecule has 0 bridgehead atoms. The summed E-state index contributed by atoms with van der Waals surface area (Å²) in [5.74, 6) is -2.43. The maximum absolute atomic E-state index is 13.7. The largest absolute Gasteiger partial charge is 0.337 e. The lowest BCUT2D eigenvalue weighted by atomic mass is 10.1. The maximum Gasteiger partial charge on any atom is 0.246 e. The minimum atomic E-state index is -3.99. The Kier molecular flexibility index (Phi) is 6.58. The second kappa shape index (κ2) is 9.03. The third-order valence-corrected chi connectivity index (χ3v) is 6.07. The zero-order valence-corrected chi connectivity index (χ0v) is 18.7. The van der Waals surface area contributed by atoms with Crippen molar-refractivity contribution in [2.24, 2.45) is 0 Å². The third-order valence-electron chi connectivity index (χ3n) is 4.83. The predicted molar refractivity (Wildman–Crippen MR) is 114 cm³/mol. The Hall–Kier alpha value is -3.34. The minimum Gasteiger partial charge on any atom is -0.337 e. The number of rotatable bonds is 7. The standard InChI is InChI=1S/C21H22F2N4O4S/c1-13-7-5-6-8-16(13)20-24-19(31-25-20)12-26(3)21(28)14(2)27(32(4,29)30)15-9-10-17(22)18(23)11-15/h5-11,14H,12H2,1-4H3/t14-/m0/s1. The first-order valence-electron chi connectivity index (χ1n) is 9.57. The van der Waals surface area contributed by atoms with Crippen LogP contribution in [-0.4, -0.2) is 48.7 Å². The molecule has 0 radical (unpaired) electrons. The normalized spacial score (nSPS) is 12.4. The Labute approximate surface area is 184 Å². The number of carbonyl (C=O) groups is 1. The van der Waals surface area contributed by atoms with E-state index in [2.05, 4.69) is 10.1 Å². The van der Waals surface area contributed by atoms with Gasteiger partial charge in [-0.1, -0.05) is 29.4 Å². The van der Waals surface area contributed by atoms with Gasteiger partial charge in [-0.25, -0.2) is 17.2 Å². The Balaban J connectivity index is 1.81. The molecule has 0 aliphatic carbocycles. The number of amides is 1. The molecule has 3 rings (SSSR count). The topological polar surface area (TPSA) is 96.6 Å². The van der Waals surface area contributed by atoms with Crippen LogP contribution < -0.4 is 4.31 Å². The van der Waals surface area contributed by atoms with Crippen LogP contribution in [0.5, 0.6) is 0 Å². The summed E-state index contributed by atoms with van der Waals surface area (Å²) in [6, 6.07) is 8.85. The number of likely N-dealkylation sites (N-methyl/N-ethyl adjacent to an activating group) is 1. The van der Waals surface area contributed by atoms with Gasteiger partial charge in [-0.3, -0.25) is 9.10 Å². The van der Waals surface area contributed by atoms with Crippen molar-refractivity contribution in [1.82, 2.24) is 15.0 Å². The molecule has 170 valence electrons. The van der Waals surface area contributed by atoms with Gasteiger partial charge in [0.1, 0.15) is 6.04 Å². The van der Waals surface area contributed by atoms with Crippen LogP contribution in [0.25, 0.3) is 11.4 Å². The fourth-order valence-corrected chi connectivity index (χ4v) is 4.44. The second-order valence-corrected chi connectivity index (χ2v) is 9.21. The highest BCUT2D eigenvalue weighted by atomic mass is 32.2. The van der Waals surface area contributed by atoms with Crippen LogP contribution in [0.2, 0.25) is 0 Å². The lowest BCUT2D eigenvalue weighted by molar-refractivity contribution is -0.131. The summed E-state index contributed by atoms with van der Waals surface area (Å²) in [5, 5.41) is 3.94. The van der Waals surface area contributed by atoms with Gasteiger partial charge in [0.2, 0.25) is 27.6 Å².